The maximum atomic E-state index is 11.7. The number of carbonyl (C=O) groups is 1. The van der Waals surface area contributed by atoms with Gasteiger partial charge in [-0.05, 0) is 19.3 Å². The van der Waals surface area contributed by atoms with Gasteiger partial charge in [0.1, 0.15) is 0 Å². The molecule has 1 heterocycles. The molecule has 1 saturated carbocycles. The molecule has 1 aromatic rings. The van der Waals surface area contributed by atoms with Gasteiger partial charge in [0.2, 0.25) is 5.91 Å². The molecular formula is C12H20N4O. The molecule has 1 aliphatic carbocycles. The van der Waals surface area contributed by atoms with Crippen molar-refractivity contribution in [3.05, 3.63) is 11.9 Å². The molecular weight excluding hydrogens is 216 g/mol. The van der Waals surface area contributed by atoms with Crippen LogP contribution in [0.4, 0.5) is 5.69 Å². The molecule has 17 heavy (non-hydrogen) atoms. The number of carbonyl (C=O) groups excluding carboxylic acids is 1. The second-order valence-corrected chi connectivity index (χ2v) is 4.54. The van der Waals surface area contributed by atoms with Gasteiger partial charge in [0.25, 0.3) is 0 Å². The average molecular weight is 236 g/mol. The van der Waals surface area contributed by atoms with E-state index < -0.39 is 0 Å². The molecule has 0 saturated heterocycles. The smallest absolute Gasteiger partial charge is 0.225 e. The number of rotatable bonds is 6. The first-order valence-electron chi connectivity index (χ1n) is 6.24. The van der Waals surface area contributed by atoms with E-state index in [1.165, 1.54) is 12.8 Å². The lowest BCUT2D eigenvalue weighted by Crippen LogP contribution is -2.23. The summed E-state index contributed by atoms with van der Waals surface area (Å²) in [7, 11) is 1.86. The second-order valence-electron chi connectivity index (χ2n) is 4.54. The zero-order valence-corrected chi connectivity index (χ0v) is 10.5. The van der Waals surface area contributed by atoms with Crippen molar-refractivity contribution in [2.45, 2.75) is 38.6 Å². The highest BCUT2D eigenvalue weighted by Crippen LogP contribution is 2.18. The van der Waals surface area contributed by atoms with Crippen LogP contribution in [0.25, 0.3) is 0 Å². The first-order valence-corrected chi connectivity index (χ1v) is 6.24. The molecule has 94 valence electrons. The number of nitrogens with one attached hydrogen (secondary N) is 2. The summed E-state index contributed by atoms with van der Waals surface area (Å²) >= 11 is 0. The van der Waals surface area contributed by atoms with Crippen LogP contribution in [0.1, 0.15) is 31.9 Å². The molecule has 1 fully saturated rings. The Morgan fingerprint density at radius 2 is 2.35 bits per heavy atom. The van der Waals surface area contributed by atoms with E-state index in [-0.39, 0.29) is 5.91 Å². The van der Waals surface area contributed by atoms with Crippen LogP contribution in [0, 0.1) is 0 Å². The molecule has 0 atom stereocenters. The number of aryl methyl sites for hydroxylation is 2. The van der Waals surface area contributed by atoms with Gasteiger partial charge in [0.15, 0.2) is 0 Å². The first-order chi connectivity index (χ1) is 8.19. The Balaban J connectivity index is 1.79. The lowest BCUT2D eigenvalue weighted by molar-refractivity contribution is -0.116. The minimum atomic E-state index is 0.0563. The van der Waals surface area contributed by atoms with Gasteiger partial charge < -0.3 is 10.6 Å². The fourth-order valence-electron chi connectivity index (χ4n) is 1.79. The molecule has 0 radical (unpaired) electrons. The lowest BCUT2D eigenvalue weighted by atomic mass is 10.3. The van der Waals surface area contributed by atoms with E-state index in [4.69, 9.17) is 0 Å². The monoisotopic (exact) mass is 236 g/mol. The van der Waals surface area contributed by atoms with Crippen LogP contribution in [0.15, 0.2) is 6.20 Å². The molecule has 0 bridgehead atoms. The third-order valence-electron chi connectivity index (χ3n) is 2.88. The van der Waals surface area contributed by atoms with Gasteiger partial charge in [-0.1, -0.05) is 6.92 Å². The highest BCUT2D eigenvalue weighted by molar-refractivity contribution is 5.91. The molecule has 0 aromatic carbocycles. The third-order valence-corrected chi connectivity index (χ3v) is 2.88. The van der Waals surface area contributed by atoms with Crippen molar-refractivity contribution in [3.8, 4) is 0 Å². The molecule has 2 N–H and O–H groups in total. The molecule has 1 amide bonds. The number of hydrogen-bond acceptors (Lipinski definition) is 3. The van der Waals surface area contributed by atoms with Crippen LogP contribution in [-0.2, 0) is 18.3 Å². The lowest BCUT2D eigenvalue weighted by Gasteiger charge is -2.04. The zero-order valence-electron chi connectivity index (χ0n) is 10.5. The molecule has 5 nitrogen and oxygen atoms in total. The Bertz CT molecular complexity index is 395. The van der Waals surface area contributed by atoms with Crippen LogP contribution in [0.3, 0.4) is 0 Å². The van der Waals surface area contributed by atoms with Crippen molar-refractivity contribution in [2.75, 3.05) is 11.9 Å². The summed E-state index contributed by atoms with van der Waals surface area (Å²) in [5.74, 6) is 0.0563. The van der Waals surface area contributed by atoms with Gasteiger partial charge >= 0.3 is 0 Å². The van der Waals surface area contributed by atoms with Gasteiger partial charge in [-0.2, -0.15) is 5.10 Å². The van der Waals surface area contributed by atoms with Gasteiger partial charge in [0.05, 0.1) is 11.4 Å². The molecule has 1 aliphatic rings. The van der Waals surface area contributed by atoms with Crippen LogP contribution >= 0.6 is 0 Å². The topological polar surface area (TPSA) is 59.0 Å². The Morgan fingerprint density at radius 3 is 3.00 bits per heavy atom. The molecule has 1 aromatic heterocycles. The SMILES string of the molecule is CCc1nn(C)cc1NC(=O)CCNC1CC1. The minimum Gasteiger partial charge on any atom is -0.323 e. The summed E-state index contributed by atoms with van der Waals surface area (Å²) in [6.45, 7) is 2.80. The summed E-state index contributed by atoms with van der Waals surface area (Å²) in [4.78, 5) is 11.7. The van der Waals surface area contributed by atoms with E-state index in [0.29, 0.717) is 12.5 Å². The largest absolute Gasteiger partial charge is 0.323 e. The Morgan fingerprint density at radius 1 is 1.59 bits per heavy atom. The predicted octanol–water partition coefficient (Wildman–Crippen LogP) is 1.06. The summed E-state index contributed by atoms with van der Waals surface area (Å²) in [5, 5.41) is 10.5. The van der Waals surface area contributed by atoms with Gasteiger partial charge in [-0.25, -0.2) is 0 Å². The van der Waals surface area contributed by atoms with E-state index in [1.54, 1.807) is 4.68 Å². The zero-order chi connectivity index (χ0) is 12.3. The van der Waals surface area contributed by atoms with Gasteiger partial charge in [0, 0.05) is 32.3 Å². The molecule has 5 heteroatoms. The van der Waals surface area contributed by atoms with E-state index in [9.17, 15) is 4.79 Å². The van der Waals surface area contributed by atoms with Crippen LogP contribution in [-0.4, -0.2) is 28.3 Å². The van der Waals surface area contributed by atoms with Crippen molar-refractivity contribution in [3.63, 3.8) is 0 Å². The number of anilines is 1. The summed E-state index contributed by atoms with van der Waals surface area (Å²) < 4.78 is 1.73. The number of nitrogens with zero attached hydrogens (tertiary/aromatic N) is 2. The standard InChI is InChI=1S/C12H20N4O/c1-3-10-11(8-16(2)15-10)14-12(17)6-7-13-9-4-5-9/h8-9,13H,3-7H2,1-2H3,(H,14,17). The second kappa shape index (κ2) is 5.31. The summed E-state index contributed by atoms with van der Waals surface area (Å²) in [6.07, 6.45) is 5.71. The average Bonchev–Trinajstić information content (AvgIpc) is 3.03. The van der Waals surface area contributed by atoms with E-state index >= 15 is 0 Å². The maximum absolute atomic E-state index is 11.7. The van der Waals surface area contributed by atoms with E-state index in [1.807, 2.05) is 20.2 Å². The van der Waals surface area contributed by atoms with Gasteiger partial charge in [-0.3, -0.25) is 9.48 Å². The minimum absolute atomic E-state index is 0.0563. The molecule has 2 rings (SSSR count). The number of hydrogen-bond donors (Lipinski definition) is 2. The fourth-order valence-corrected chi connectivity index (χ4v) is 1.79. The summed E-state index contributed by atoms with van der Waals surface area (Å²) in [6, 6.07) is 0.660. The van der Waals surface area contributed by atoms with Gasteiger partial charge in [-0.15, -0.1) is 0 Å². The van der Waals surface area contributed by atoms with Crippen molar-refractivity contribution >= 4 is 11.6 Å². The van der Waals surface area contributed by atoms with Crippen LogP contribution in [0.5, 0.6) is 0 Å². The predicted molar refractivity (Wildman–Crippen MR) is 66.9 cm³/mol. The van der Waals surface area contributed by atoms with E-state index in [2.05, 4.69) is 15.7 Å². The Hall–Kier alpha value is -1.36. The van der Waals surface area contributed by atoms with E-state index in [0.717, 1.165) is 24.3 Å². The van der Waals surface area contributed by atoms with Crippen molar-refractivity contribution in [2.24, 2.45) is 7.05 Å². The fraction of sp³-hybridized carbons (Fsp3) is 0.667. The van der Waals surface area contributed by atoms with Crippen molar-refractivity contribution in [1.29, 1.82) is 0 Å². The van der Waals surface area contributed by atoms with Crippen molar-refractivity contribution in [1.82, 2.24) is 15.1 Å². The highest BCUT2D eigenvalue weighted by atomic mass is 16.1. The Kier molecular flexibility index (Phi) is 3.78. The highest BCUT2D eigenvalue weighted by Gasteiger charge is 2.20. The van der Waals surface area contributed by atoms with Crippen molar-refractivity contribution < 1.29 is 4.79 Å². The molecule has 0 spiro atoms. The molecule has 0 aliphatic heterocycles. The summed E-state index contributed by atoms with van der Waals surface area (Å²) in [5.41, 5.74) is 1.78. The molecule has 0 unspecified atom stereocenters. The quantitative estimate of drug-likeness (QED) is 0.776. The maximum Gasteiger partial charge on any atom is 0.225 e. The first kappa shape index (κ1) is 12.1. The van der Waals surface area contributed by atoms with Crippen LogP contribution < -0.4 is 10.6 Å². The number of amides is 1. The normalized spacial score (nSPS) is 14.9. The number of aromatic nitrogens is 2. The third kappa shape index (κ3) is 3.56. The Labute approximate surface area is 102 Å². The van der Waals surface area contributed by atoms with Crippen LogP contribution in [0.2, 0.25) is 0 Å².